The van der Waals surface area contributed by atoms with Crippen LogP contribution in [0.2, 0.25) is 5.02 Å². The molecule has 18 heavy (non-hydrogen) atoms. The van der Waals surface area contributed by atoms with E-state index in [9.17, 15) is 0 Å². The highest BCUT2D eigenvalue weighted by Gasteiger charge is 2.26. The molecule has 0 atom stereocenters. The Morgan fingerprint density at radius 3 is 2.22 bits per heavy atom. The van der Waals surface area contributed by atoms with Gasteiger partial charge in [0.25, 0.3) is 0 Å². The molecule has 0 unspecified atom stereocenters. The average Bonchev–Trinajstić information content (AvgIpc) is 2.28. The molecule has 0 radical (unpaired) electrons. The molecular weight excluding hydrogens is 246 g/mol. The molecule has 0 aromatic heterocycles. The Bertz CT molecular complexity index is 418. The second kappa shape index (κ2) is 4.98. The van der Waals surface area contributed by atoms with Crippen LogP contribution < -0.4 is 10.6 Å². The lowest BCUT2D eigenvalue weighted by Gasteiger charge is -2.43. The lowest BCUT2D eigenvalue weighted by molar-refractivity contribution is 0.128. The zero-order valence-electron chi connectivity index (χ0n) is 11.4. The predicted octanol–water partition coefficient (Wildman–Crippen LogP) is 2.84. The van der Waals surface area contributed by atoms with Crippen LogP contribution in [-0.4, -0.2) is 36.6 Å². The molecular formula is C14H22ClN3. The number of nitrogens with zero attached hydrogens (tertiary/aromatic N) is 2. The van der Waals surface area contributed by atoms with Gasteiger partial charge in [0.1, 0.15) is 0 Å². The van der Waals surface area contributed by atoms with Crippen LogP contribution in [0.3, 0.4) is 0 Å². The van der Waals surface area contributed by atoms with Gasteiger partial charge < -0.3 is 10.6 Å². The van der Waals surface area contributed by atoms with Crippen molar-refractivity contribution in [3.05, 3.63) is 23.2 Å². The zero-order chi connectivity index (χ0) is 13.3. The first-order valence-electron chi connectivity index (χ1n) is 6.43. The first-order valence-corrected chi connectivity index (χ1v) is 6.81. The number of hydrogen-bond donors (Lipinski definition) is 1. The number of hydrogen-bond acceptors (Lipinski definition) is 3. The SMILES string of the molecule is CC(C)(C)N1CCN(c2ccc(Cl)cc2N)CC1. The van der Waals surface area contributed by atoms with Crippen molar-refractivity contribution in [2.75, 3.05) is 36.8 Å². The minimum atomic E-state index is 0.248. The Labute approximate surface area is 115 Å². The summed E-state index contributed by atoms with van der Waals surface area (Å²) in [5.41, 5.74) is 8.16. The van der Waals surface area contributed by atoms with Crippen molar-refractivity contribution in [3.8, 4) is 0 Å². The van der Waals surface area contributed by atoms with Crippen LogP contribution in [0.5, 0.6) is 0 Å². The van der Waals surface area contributed by atoms with Crippen LogP contribution in [0.15, 0.2) is 18.2 Å². The van der Waals surface area contributed by atoms with Gasteiger partial charge >= 0.3 is 0 Å². The normalized spacial score (nSPS) is 18.1. The minimum absolute atomic E-state index is 0.248. The van der Waals surface area contributed by atoms with E-state index in [0.29, 0.717) is 5.02 Å². The monoisotopic (exact) mass is 267 g/mol. The zero-order valence-corrected chi connectivity index (χ0v) is 12.2. The van der Waals surface area contributed by atoms with Crippen LogP contribution >= 0.6 is 11.6 Å². The molecule has 0 saturated carbocycles. The van der Waals surface area contributed by atoms with Gasteiger partial charge in [0.15, 0.2) is 0 Å². The molecule has 1 fully saturated rings. The summed E-state index contributed by atoms with van der Waals surface area (Å²) in [6, 6.07) is 5.75. The molecule has 2 rings (SSSR count). The van der Waals surface area contributed by atoms with E-state index in [1.807, 2.05) is 18.2 Å². The van der Waals surface area contributed by atoms with E-state index in [1.54, 1.807) is 0 Å². The number of rotatable bonds is 1. The van der Waals surface area contributed by atoms with Gasteiger partial charge in [-0.3, -0.25) is 4.90 Å². The van der Waals surface area contributed by atoms with Gasteiger partial charge in [0.05, 0.1) is 11.4 Å². The van der Waals surface area contributed by atoms with E-state index >= 15 is 0 Å². The summed E-state index contributed by atoms with van der Waals surface area (Å²) in [4.78, 5) is 4.85. The van der Waals surface area contributed by atoms with Gasteiger partial charge in [0, 0.05) is 36.7 Å². The van der Waals surface area contributed by atoms with E-state index in [2.05, 4.69) is 30.6 Å². The Morgan fingerprint density at radius 1 is 1.11 bits per heavy atom. The highest BCUT2D eigenvalue weighted by atomic mass is 35.5. The number of piperazine rings is 1. The van der Waals surface area contributed by atoms with E-state index in [0.717, 1.165) is 37.6 Å². The molecule has 1 saturated heterocycles. The van der Waals surface area contributed by atoms with Gasteiger partial charge in [-0.15, -0.1) is 0 Å². The number of anilines is 2. The molecule has 1 heterocycles. The van der Waals surface area contributed by atoms with E-state index in [4.69, 9.17) is 17.3 Å². The molecule has 0 spiro atoms. The molecule has 0 bridgehead atoms. The first-order chi connectivity index (χ1) is 8.38. The van der Waals surface area contributed by atoms with Crippen LogP contribution in [0.1, 0.15) is 20.8 Å². The molecule has 0 amide bonds. The molecule has 100 valence electrons. The Hall–Kier alpha value is -0.930. The summed E-state index contributed by atoms with van der Waals surface area (Å²) in [5, 5.41) is 0.699. The van der Waals surface area contributed by atoms with Gasteiger partial charge in [0.2, 0.25) is 0 Å². The van der Waals surface area contributed by atoms with Gasteiger partial charge in [-0.1, -0.05) is 11.6 Å². The van der Waals surface area contributed by atoms with Crippen molar-refractivity contribution in [1.29, 1.82) is 0 Å². The molecule has 1 aromatic carbocycles. The topological polar surface area (TPSA) is 32.5 Å². The quantitative estimate of drug-likeness (QED) is 0.795. The highest BCUT2D eigenvalue weighted by Crippen LogP contribution is 2.28. The summed E-state index contributed by atoms with van der Waals surface area (Å²) in [6.07, 6.45) is 0. The molecule has 1 aliphatic rings. The van der Waals surface area contributed by atoms with E-state index in [-0.39, 0.29) is 5.54 Å². The lowest BCUT2D eigenvalue weighted by Crippen LogP contribution is -2.53. The van der Waals surface area contributed by atoms with Crippen molar-refractivity contribution >= 4 is 23.0 Å². The van der Waals surface area contributed by atoms with Crippen molar-refractivity contribution in [2.24, 2.45) is 0 Å². The average molecular weight is 268 g/mol. The van der Waals surface area contributed by atoms with Crippen LogP contribution in [0, 0.1) is 0 Å². The fraction of sp³-hybridized carbons (Fsp3) is 0.571. The molecule has 0 aliphatic carbocycles. The number of benzene rings is 1. The summed E-state index contributed by atoms with van der Waals surface area (Å²) < 4.78 is 0. The van der Waals surface area contributed by atoms with Gasteiger partial charge in [-0.25, -0.2) is 0 Å². The van der Waals surface area contributed by atoms with Crippen molar-refractivity contribution in [3.63, 3.8) is 0 Å². The summed E-state index contributed by atoms with van der Waals surface area (Å²) in [5.74, 6) is 0. The maximum absolute atomic E-state index is 6.03. The van der Waals surface area contributed by atoms with E-state index in [1.165, 1.54) is 0 Å². The second-order valence-electron chi connectivity index (χ2n) is 5.85. The third-order valence-corrected chi connectivity index (χ3v) is 3.79. The fourth-order valence-corrected chi connectivity index (χ4v) is 2.61. The summed E-state index contributed by atoms with van der Waals surface area (Å²) in [7, 11) is 0. The Morgan fingerprint density at radius 2 is 1.72 bits per heavy atom. The van der Waals surface area contributed by atoms with Crippen molar-refractivity contribution < 1.29 is 0 Å². The van der Waals surface area contributed by atoms with Crippen molar-refractivity contribution in [2.45, 2.75) is 26.3 Å². The summed E-state index contributed by atoms with van der Waals surface area (Å²) >= 11 is 5.93. The Balaban J connectivity index is 2.06. The van der Waals surface area contributed by atoms with Crippen LogP contribution in [-0.2, 0) is 0 Å². The fourth-order valence-electron chi connectivity index (χ4n) is 2.43. The number of halogens is 1. The minimum Gasteiger partial charge on any atom is -0.397 e. The lowest BCUT2D eigenvalue weighted by atomic mass is 10.0. The van der Waals surface area contributed by atoms with Crippen LogP contribution in [0.25, 0.3) is 0 Å². The number of nitrogen functional groups attached to an aromatic ring is 1. The van der Waals surface area contributed by atoms with Gasteiger partial charge in [-0.05, 0) is 39.0 Å². The molecule has 1 aromatic rings. The largest absolute Gasteiger partial charge is 0.397 e. The smallest absolute Gasteiger partial charge is 0.0601 e. The van der Waals surface area contributed by atoms with Gasteiger partial charge in [-0.2, -0.15) is 0 Å². The maximum Gasteiger partial charge on any atom is 0.0601 e. The van der Waals surface area contributed by atoms with E-state index < -0.39 is 0 Å². The van der Waals surface area contributed by atoms with Crippen molar-refractivity contribution in [1.82, 2.24) is 4.90 Å². The predicted molar refractivity (Wildman–Crippen MR) is 79.4 cm³/mol. The summed E-state index contributed by atoms with van der Waals surface area (Å²) in [6.45, 7) is 11.0. The molecule has 2 N–H and O–H groups in total. The molecule has 4 heteroatoms. The third kappa shape index (κ3) is 2.90. The van der Waals surface area contributed by atoms with Crippen LogP contribution in [0.4, 0.5) is 11.4 Å². The third-order valence-electron chi connectivity index (χ3n) is 3.56. The number of nitrogens with two attached hydrogens (primary N) is 1. The highest BCUT2D eigenvalue weighted by molar-refractivity contribution is 6.31. The molecule has 3 nitrogen and oxygen atoms in total. The maximum atomic E-state index is 6.03. The standard InChI is InChI=1S/C14H22ClN3/c1-14(2,3)18-8-6-17(7-9-18)13-5-4-11(15)10-12(13)16/h4-5,10H,6-9,16H2,1-3H3. The first kappa shape index (κ1) is 13.5. The molecule has 1 aliphatic heterocycles. The second-order valence-corrected chi connectivity index (χ2v) is 6.28. The Kier molecular flexibility index (Phi) is 3.74.